The Hall–Kier alpha value is -3.49. The summed E-state index contributed by atoms with van der Waals surface area (Å²) in [5.41, 5.74) is 6.46. The van der Waals surface area contributed by atoms with E-state index >= 15 is 0 Å². The van der Waals surface area contributed by atoms with E-state index in [1.54, 1.807) is 25.6 Å². The molecule has 0 saturated heterocycles. The molecule has 0 radical (unpaired) electrons. The number of carbonyl (C=O) groups is 1. The highest BCUT2D eigenvalue weighted by atomic mass is 32.1. The zero-order valence-electron chi connectivity index (χ0n) is 20.5. The summed E-state index contributed by atoms with van der Waals surface area (Å²) in [5, 5.41) is 5.91. The second-order valence-corrected chi connectivity index (χ2v) is 9.00. The molecule has 0 saturated carbocycles. The van der Waals surface area contributed by atoms with Crippen LogP contribution in [0.2, 0.25) is 0 Å². The number of thiazole rings is 1. The first-order valence-corrected chi connectivity index (χ1v) is 12.4. The van der Waals surface area contributed by atoms with E-state index in [1.165, 1.54) is 0 Å². The minimum Gasteiger partial charge on any atom is -0.497 e. The summed E-state index contributed by atoms with van der Waals surface area (Å²) in [6.07, 6.45) is 2.70. The van der Waals surface area contributed by atoms with Gasteiger partial charge in [-0.15, -0.1) is 11.3 Å². The van der Waals surface area contributed by atoms with Gasteiger partial charge in [0.05, 0.1) is 30.7 Å². The number of aromatic nitrogens is 3. The Balaban J connectivity index is 1.72. The molecule has 7 nitrogen and oxygen atoms in total. The largest absolute Gasteiger partial charge is 0.497 e. The van der Waals surface area contributed by atoms with E-state index in [2.05, 4.69) is 27.9 Å². The zero-order valence-corrected chi connectivity index (χ0v) is 21.3. The number of amides is 1. The van der Waals surface area contributed by atoms with Crippen molar-refractivity contribution in [3.63, 3.8) is 0 Å². The lowest BCUT2D eigenvalue weighted by atomic mass is 10.2. The summed E-state index contributed by atoms with van der Waals surface area (Å²) >= 11 is 1.59. The third-order valence-corrected chi connectivity index (χ3v) is 6.79. The number of ether oxygens (including phenoxy) is 2. The summed E-state index contributed by atoms with van der Waals surface area (Å²) in [7, 11) is 3.27. The molecule has 0 spiro atoms. The Morgan fingerprint density at radius 3 is 2.66 bits per heavy atom. The van der Waals surface area contributed by atoms with Crippen LogP contribution in [0.15, 0.2) is 54.0 Å². The van der Waals surface area contributed by atoms with Gasteiger partial charge in [0.2, 0.25) is 0 Å². The predicted octanol–water partition coefficient (Wildman–Crippen LogP) is 4.98. The van der Waals surface area contributed by atoms with Crippen molar-refractivity contribution in [1.82, 2.24) is 19.9 Å². The van der Waals surface area contributed by atoms with Crippen molar-refractivity contribution in [2.24, 2.45) is 0 Å². The summed E-state index contributed by atoms with van der Waals surface area (Å²) in [6.45, 7) is 5.59. The van der Waals surface area contributed by atoms with Gasteiger partial charge in [0.25, 0.3) is 5.91 Å². The first kappa shape index (κ1) is 24.6. The van der Waals surface area contributed by atoms with Gasteiger partial charge in [0.1, 0.15) is 10.8 Å². The van der Waals surface area contributed by atoms with Gasteiger partial charge in [-0.25, -0.2) is 4.98 Å². The van der Waals surface area contributed by atoms with Gasteiger partial charge in [-0.1, -0.05) is 19.1 Å². The molecule has 4 aromatic rings. The number of carbonyl (C=O) groups excluding carboxylic acids is 1. The van der Waals surface area contributed by atoms with E-state index in [-0.39, 0.29) is 5.91 Å². The third kappa shape index (κ3) is 5.61. The quantitative estimate of drug-likeness (QED) is 0.317. The highest BCUT2D eigenvalue weighted by Gasteiger charge is 2.20. The average molecular weight is 491 g/mol. The Morgan fingerprint density at radius 1 is 1.14 bits per heavy atom. The summed E-state index contributed by atoms with van der Waals surface area (Å²) < 4.78 is 12.5. The molecule has 1 amide bonds. The lowest BCUT2D eigenvalue weighted by Gasteiger charge is -2.12. The molecule has 3 aromatic heterocycles. The number of hydrogen-bond donors (Lipinski definition) is 1. The number of methoxy groups -OCH3 is 2. The number of pyridine rings is 1. The molecule has 3 heterocycles. The molecule has 1 aromatic carbocycles. The Labute approximate surface area is 209 Å². The third-order valence-electron chi connectivity index (χ3n) is 5.89. The minimum absolute atomic E-state index is 0.119. The van der Waals surface area contributed by atoms with Gasteiger partial charge < -0.3 is 19.4 Å². The van der Waals surface area contributed by atoms with E-state index in [0.717, 1.165) is 51.1 Å². The number of nitrogens with one attached hydrogen (secondary N) is 1. The van der Waals surface area contributed by atoms with Crippen LogP contribution in [-0.2, 0) is 17.7 Å². The van der Waals surface area contributed by atoms with Crippen LogP contribution in [0.25, 0.3) is 22.0 Å². The predicted molar refractivity (Wildman–Crippen MR) is 139 cm³/mol. The molecule has 0 unspecified atom stereocenters. The molecular formula is C27H30N4O3S. The van der Waals surface area contributed by atoms with Gasteiger partial charge in [-0.05, 0) is 49.2 Å². The van der Waals surface area contributed by atoms with E-state index in [9.17, 15) is 4.79 Å². The fraction of sp³-hybridized carbons (Fsp3) is 0.296. The number of rotatable bonds is 10. The maximum atomic E-state index is 12.9. The maximum Gasteiger partial charge on any atom is 0.253 e. The summed E-state index contributed by atoms with van der Waals surface area (Å²) in [5.74, 6) is 0.691. The smallest absolute Gasteiger partial charge is 0.253 e. The van der Waals surface area contributed by atoms with Crippen molar-refractivity contribution < 1.29 is 14.3 Å². The van der Waals surface area contributed by atoms with Crippen molar-refractivity contribution >= 4 is 17.2 Å². The van der Waals surface area contributed by atoms with E-state index in [4.69, 9.17) is 14.5 Å². The van der Waals surface area contributed by atoms with Crippen molar-refractivity contribution in [2.75, 3.05) is 27.4 Å². The zero-order chi connectivity index (χ0) is 24.8. The second kappa shape index (κ2) is 11.3. The lowest BCUT2D eigenvalue weighted by Crippen LogP contribution is -2.27. The summed E-state index contributed by atoms with van der Waals surface area (Å²) in [6, 6.07) is 14.0. The standard InChI is InChI=1S/C27H30N4O3S/c1-5-21-14-20(10-11-28-21)27-30-24(17-35-27)25-15-23(26(32)29-12-13-33-3)18(2)31(25)16-19-6-8-22(34-4)9-7-19/h6-11,14-15,17H,5,12-13,16H2,1-4H3,(H,29,32). The molecule has 4 rings (SSSR count). The van der Waals surface area contributed by atoms with Crippen molar-refractivity contribution in [3.05, 3.63) is 76.6 Å². The monoisotopic (exact) mass is 490 g/mol. The van der Waals surface area contributed by atoms with Gasteiger partial charge >= 0.3 is 0 Å². The molecule has 0 aliphatic rings. The average Bonchev–Trinajstić information content (AvgIpc) is 3.50. The normalized spacial score (nSPS) is 11.0. The molecule has 0 bridgehead atoms. The minimum atomic E-state index is -0.119. The molecule has 1 N–H and O–H groups in total. The summed E-state index contributed by atoms with van der Waals surface area (Å²) in [4.78, 5) is 22.3. The molecule has 0 fully saturated rings. The number of benzene rings is 1. The molecule has 0 aliphatic carbocycles. The van der Waals surface area contributed by atoms with Crippen molar-refractivity contribution in [2.45, 2.75) is 26.8 Å². The van der Waals surface area contributed by atoms with Gasteiger partial charge in [0.15, 0.2) is 0 Å². The lowest BCUT2D eigenvalue weighted by molar-refractivity contribution is 0.0936. The van der Waals surface area contributed by atoms with Crippen LogP contribution in [0.4, 0.5) is 0 Å². The molecule has 35 heavy (non-hydrogen) atoms. The van der Waals surface area contributed by atoms with Crippen LogP contribution in [-0.4, -0.2) is 47.8 Å². The molecule has 182 valence electrons. The molecule has 0 atom stereocenters. The van der Waals surface area contributed by atoms with Gasteiger partial charge in [-0.3, -0.25) is 9.78 Å². The van der Waals surface area contributed by atoms with Gasteiger partial charge in [0, 0.05) is 48.7 Å². The Kier molecular flexibility index (Phi) is 7.94. The highest BCUT2D eigenvalue weighted by molar-refractivity contribution is 7.13. The first-order valence-electron chi connectivity index (χ1n) is 11.6. The second-order valence-electron chi connectivity index (χ2n) is 8.14. The highest BCUT2D eigenvalue weighted by Crippen LogP contribution is 2.32. The maximum absolute atomic E-state index is 12.9. The topological polar surface area (TPSA) is 78.3 Å². The van der Waals surface area contributed by atoms with Crippen molar-refractivity contribution in [1.29, 1.82) is 0 Å². The number of nitrogens with zero attached hydrogens (tertiary/aromatic N) is 3. The van der Waals surface area contributed by atoms with Crippen LogP contribution in [0.1, 0.15) is 34.2 Å². The van der Waals surface area contributed by atoms with E-state index < -0.39 is 0 Å². The Bertz CT molecular complexity index is 1290. The van der Waals surface area contributed by atoms with E-state index in [1.807, 2.05) is 54.9 Å². The number of hydrogen-bond acceptors (Lipinski definition) is 6. The number of aryl methyl sites for hydroxylation is 1. The van der Waals surface area contributed by atoms with Crippen LogP contribution in [0.5, 0.6) is 5.75 Å². The van der Waals surface area contributed by atoms with Gasteiger partial charge in [-0.2, -0.15) is 0 Å². The SMILES string of the molecule is CCc1cc(-c2nc(-c3cc(C(=O)NCCOC)c(C)n3Cc3ccc(OC)cc3)cs2)ccn1. The fourth-order valence-electron chi connectivity index (χ4n) is 3.89. The van der Waals surface area contributed by atoms with Crippen LogP contribution in [0.3, 0.4) is 0 Å². The molecule has 0 aliphatic heterocycles. The molecule has 8 heteroatoms. The van der Waals surface area contributed by atoms with E-state index in [0.29, 0.717) is 25.3 Å². The van der Waals surface area contributed by atoms with Crippen LogP contribution in [0, 0.1) is 6.92 Å². The van der Waals surface area contributed by atoms with Crippen LogP contribution >= 0.6 is 11.3 Å². The molecular weight excluding hydrogens is 460 g/mol. The van der Waals surface area contributed by atoms with Crippen LogP contribution < -0.4 is 10.1 Å². The Morgan fingerprint density at radius 2 is 1.94 bits per heavy atom. The first-order chi connectivity index (χ1) is 17.0. The van der Waals surface area contributed by atoms with Crippen molar-refractivity contribution in [3.8, 4) is 27.7 Å². The fourth-order valence-corrected chi connectivity index (χ4v) is 4.71.